The first-order chi connectivity index (χ1) is 9.34. The van der Waals surface area contributed by atoms with Crippen LogP contribution in [-0.2, 0) is 16.7 Å². The number of aliphatic hydroxyl groups excluding tert-OH is 1. The van der Waals surface area contributed by atoms with Gasteiger partial charge in [-0.1, -0.05) is 35.9 Å². The van der Waals surface area contributed by atoms with Crippen molar-refractivity contribution in [2.75, 3.05) is 0 Å². The lowest BCUT2D eigenvalue weighted by Gasteiger charge is -1.96. The fourth-order valence-corrected chi connectivity index (χ4v) is 1.83. The topological polar surface area (TPSA) is 94.8 Å². The number of aliphatic hydroxyl groups is 1. The van der Waals surface area contributed by atoms with E-state index in [1.54, 1.807) is 36.4 Å². The number of benzene rings is 2. The van der Waals surface area contributed by atoms with E-state index in [-0.39, 0.29) is 17.3 Å². The summed E-state index contributed by atoms with van der Waals surface area (Å²) in [6.07, 6.45) is 0. The van der Waals surface area contributed by atoms with E-state index in [0.717, 1.165) is 5.56 Å². The summed E-state index contributed by atoms with van der Waals surface area (Å²) < 4.78 is 29.6. The van der Waals surface area contributed by atoms with Crippen molar-refractivity contribution < 1.29 is 23.2 Å². The molecule has 2 rings (SSSR count). The Morgan fingerprint density at radius 2 is 1.55 bits per heavy atom. The van der Waals surface area contributed by atoms with Crippen molar-refractivity contribution >= 4 is 10.1 Å². The molecule has 5 nitrogen and oxygen atoms in total. The van der Waals surface area contributed by atoms with Crippen molar-refractivity contribution in [2.24, 2.45) is 0 Å². The number of aryl methyl sites for hydroxylation is 1. The zero-order chi connectivity index (χ0) is 15.2. The van der Waals surface area contributed by atoms with E-state index in [0.29, 0.717) is 5.56 Å². The molecule has 2 aromatic rings. The molecule has 0 aromatic heterocycles. The van der Waals surface area contributed by atoms with E-state index >= 15 is 0 Å². The Balaban J connectivity index is 0.000000204. The van der Waals surface area contributed by atoms with E-state index in [1.165, 1.54) is 12.1 Å². The van der Waals surface area contributed by atoms with Gasteiger partial charge in [0.15, 0.2) is 0 Å². The van der Waals surface area contributed by atoms with Crippen molar-refractivity contribution in [3.63, 3.8) is 0 Å². The number of rotatable bonds is 2. The van der Waals surface area contributed by atoms with Crippen molar-refractivity contribution in [1.82, 2.24) is 0 Å². The highest BCUT2D eigenvalue weighted by Crippen LogP contribution is 2.14. The summed E-state index contributed by atoms with van der Waals surface area (Å²) >= 11 is 0. The summed E-state index contributed by atoms with van der Waals surface area (Å²) in [4.78, 5) is -0.0666. The average Bonchev–Trinajstić information content (AvgIpc) is 2.39. The summed E-state index contributed by atoms with van der Waals surface area (Å²) in [5.41, 5.74) is 1.52. The van der Waals surface area contributed by atoms with Crippen LogP contribution in [-0.4, -0.2) is 23.2 Å². The van der Waals surface area contributed by atoms with Crippen LogP contribution in [0.2, 0.25) is 0 Å². The quantitative estimate of drug-likeness (QED) is 0.738. The van der Waals surface area contributed by atoms with E-state index in [4.69, 9.17) is 14.8 Å². The van der Waals surface area contributed by atoms with Gasteiger partial charge in [-0.25, -0.2) is 0 Å². The lowest BCUT2D eigenvalue weighted by molar-refractivity contribution is 0.275. The largest absolute Gasteiger partial charge is 0.508 e. The molecule has 0 bridgehead atoms. The first-order valence-electron chi connectivity index (χ1n) is 5.76. The van der Waals surface area contributed by atoms with E-state index in [2.05, 4.69) is 0 Å². The summed E-state index contributed by atoms with van der Waals surface area (Å²) in [5, 5.41) is 17.5. The molecular weight excluding hydrogens is 280 g/mol. The molecule has 108 valence electrons. The van der Waals surface area contributed by atoms with Crippen molar-refractivity contribution in [1.29, 1.82) is 0 Å². The van der Waals surface area contributed by atoms with Crippen molar-refractivity contribution in [3.05, 3.63) is 59.7 Å². The van der Waals surface area contributed by atoms with Crippen LogP contribution in [0, 0.1) is 6.92 Å². The molecule has 0 amide bonds. The molecule has 0 saturated carbocycles. The summed E-state index contributed by atoms with van der Waals surface area (Å²) in [5.74, 6) is 0.153. The van der Waals surface area contributed by atoms with Crippen LogP contribution in [0.3, 0.4) is 0 Å². The van der Waals surface area contributed by atoms with Crippen molar-refractivity contribution in [3.8, 4) is 5.75 Å². The highest BCUT2D eigenvalue weighted by atomic mass is 32.2. The molecule has 0 atom stereocenters. The minimum atomic E-state index is -4.02. The van der Waals surface area contributed by atoms with Crippen LogP contribution in [0.5, 0.6) is 5.75 Å². The predicted molar refractivity (Wildman–Crippen MR) is 75.0 cm³/mol. The van der Waals surface area contributed by atoms with Crippen LogP contribution < -0.4 is 0 Å². The van der Waals surface area contributed by atoms with Gasteiger partial charge < -0.3 is 10.2 Å². The first kappa shape index (κ1) is 16.2. The molecule has 3 N–H and O–H groups in total. The van der Waals surface area contributed by atoms with Crippen LogP contribution in [0.25, 0.3) is 0 Å². The molecule has 2 aromatic carbocycles. The zero-order valence-corrected chi connectivity index (χ0v) is 11.7. The third-order valence-corrected chi connectivity index (χ3v) is 3.35. The van der Waals surface area contributed by atoms with E-state index < -0.39 is 10.1 Å². The maximum atomic E-state index is 10.5. The van der Waals surface area contributed by atoms with Crippen LogP contribution in [0.4, 0.5) is 0 Å². The Morgan fingerprint density at radius 1 is 1.00 bits per heavy atom. The average molecular weight is 296 g/mol. The fraction of sp³-hybridized carbons (Fsp3) is 0.143. The Kier molecular flexibility index (Phi) is 5.69. The number of para-hydroxylation sites is 1. The van der Waals surface area contributed by atoms with Gasteiger partial charge in [0.25, 0.3) is 10.1 Å². The lowest BCUT2D eigenvalue weighted by atomic mass is 10.2. The molecule has 0 radical (unpaired) electrons. The molecule has 6 heteroatoms. The smallest absolute Gasteiger partial charge is 0.294 e. The van der Waals surface area contributed by atoms with Crippen LogP contribution >= 0.6 is 0 Å². The van der Waals surface area contributed by atoms with Gasteiger partial charge >= 0.3 is 0 Å². The molecule has 0 aliphatic carbocycles. The number of aromatic hydroxyl groups is 1. The SMILES string of the molecule is Cc1ccc(S(=O)(=O)O)cc1.OCc1ccccc1O. The van der Waals surface area contributed by atoms with Gasteiger partial charge in [-0.2, -0.15) is 8.42 Å². The summed E-state index contributed by atoms with van der Waals surface area (Å²) in [7, 11) is -4.02. The van der Waals surface area contributed by atoms with Gasteiger partial charge in [0.05, 0.1) is 11.5 Å². The highest BCUT2D eigenvalue weighted by molar-refractivity contribution is 7.85. The van der Waals surface area contributed by atoms with Crippen molar-refractivity contribution in [2.45, 2.75) is 18.4 Å². The van der Waals surface area contributed by atoms with Gasteiger partial charge in [0.2, 0.25) is 0 Å². The second kappa shape index (κ2) is 7.04. The van der Waals surface area contributed by atoms with Gasteiger partial charge in [-0.05, 0) is 25.1 Å². The standard InChI is InChI=1S/C7H8O3S.C7H8O2/c1-6-2-4-7(5-3-6)11(8,9)10;8-5-6-3-1-2-4-7(6)9/h2-5H,1H3,(H,8,9,10);1-4,8-9H,5H2. The molecule has 0 aliphatic heterocycles. The van der Waals surface area contributed by atoms with Crippen LogP contribution in [0.15, 0.2) is 53.4 Å². The summed E-state index contributed by atoms with van der Waals surface area (Å²) in [6, 6.07) is 12.7. The molecular formula is C14H16O5S. The minimum absolute atomic E-state index is 0.0666. The highest BCUT2D eigenvalue weighted by Gasteiger charge is 2.06. The van der Waals surface area contributed by atoms with Crippen LogP contribution in [0.1, 0.15) is 11.1 Å². The number of hydrogen-bond donors (Lipinski definition) is 3. The molecule has 0 heterocycles. The van der Waals surface area contributed by atoms with Gasteiger partial charge in [0, 0.05) is 5.56 Å². The lowest BCUT2D eigenvalue weighted by Crippen LogP contribution is -1.96. The molecule has 0 aliphatic rings. The second-order valence-electron chi connectivity index (χ2n) is 4.07. The third-order valence-electron chi connectivity index (χ3n) is 2.48. The maximum absolute atomic E-state index is 10.5. The van der Waals surface area contributed by atoms with Gasteiger partial charge in [-0.3, -0.25) is 4.55 Å². The minimum Gasteiger partial charge on any atom is -0.508 e. The van der Waals surface area contributed by atoms with E-state index in [1.807, 2.05) is 6.92 Å². The maximum Gasteiger partial charge on any atom is 0.294 e. The Hall–Kier alpha value is -1.89. The second-order valence-corrected chi connectivity index (χ2v) is 5.50. The molecule has 0 spiro atoms. The predicted octanol–water partition coefficient (Wildman–Crippen LogP) is 2.13. The molecule has 20 heavy (non-hydrogen) atoms. The monoisotopic (exact) mass is 296 g/mol. The molecule has 0 saturated heterocycles. The molecule has 0 fully saturated rings. The van der Waals surface area contributed by atoms with Gasteiger partial charge in [0.1, 0.15) is 5.75 Å². The number of phenols is 1. The Bertz CT molecular complexity index is 648. The zero-order valence-electron chi connectivity index (χ0n) is 10.9. The number of hydrogen-bond acceptors (Lipinski definition) is 4. The van der Waals surface area contributed by atoms with E-state index in [9.17, 15) is 8.42 Å². The Labute approximate surface area is 117 Å². The third kappa shape index (κ3) is 5.00. The first-order valence-corrected chi connectivity index (χ1v) is 7.20. The molecule has 0 unspecified atom stereocenters. The van der Waals surface area contributed by atoms with Gasteiger partial charge in [-0.15, -0.1) is 0 Å². The summed E-state index contributed by atoms with van der Waals surface area (Å²) in [6.45, 7) is 1.74. The normalized spacial score (nSPS) is 10.6. The fourth-order valence-electron chi connectivity index (χ4n) is 1.35. The Morgan fingerprint density at radius 3 is 1.95 bits per heavy atom.